The molecule has 0 aromatic carbocycles. The van der Waals surface area contributed by atoms with Crippen LogP contribution in [0.5, 0.6) is 0 Å². The summed E-state index contributed by atoms with van der Waals surface area (Å²) in [4.78, 5) is 12.9. The van der Waals surface area contributed by atoms with Crippen molar-refractivity contribution in [2.24, 2.45) is 10.8 Å². The first-order chi connectivity index (χ1) is 8.72. The van der Waals surface area contributed by atoms with E-state index in [9.17, 15) is 4.79 Å². The van der Waals surface area contributed by atoms with E-state index in [0.29, 0.717) is 10.8 Å². The lowest BCUT2D eigenvalue weighted by molar-refractivity contribution is -0.130. The predicted octanol–water partition coefficient (Wildman–Crippen LogP) is 4.63. The van der Waals surface area contributed by atoms with E-state index in [0.717, 1.165) is 25.9 Å². The van der Waals surface area contributed by atoms with Gasteiger partial charge in [-0.15, -0.1) is 0 Å². The van der Waals surface area contributed by atoms with Gasteiger partial charge in [0.15, 0.2) is 0 Å². The first-order valence-corrected chi connectivity index (χ1v) is 7.97. The summed E-state index contributed by atoms with van der Waals surface area (Å²) in [6.45, 7) is 12.8. The SMILES string of the molecule is CC(=O)N1CCC(C)(C)CC1.CC1(C)CCCCC1. The molecule has 1 saturated heterocycles. The minimum atomic E-state index is 0.223. The van der Waals surface area contributed by atoms with Gasteiger partial charge in [0.05, 0.1) is 0 Å². The Balaban J connectivity index is 0.000000200. The third-order valence-corrected chi connectivity index (χ3v) is 4.77. The average Bonchev–Trinajstić information content (AvgIpc) is 2.28. The Morgan fingerprint density at radius 3 is 1.53 bits per heavy atom. The lowest BCUT2D eigenvalue weighted by Crippen LogP contribution is -2.39. The van der Waals surface area contributed by atoms with E-state index in [2.05, 4.69) is 27.7 Å². The van der Waals surface area contributed by atoms with E-state index in [1.165, 1.54) is 32.1 Å². The van der Waals surface area contributed by atoms with Crippen LogP contribution in [0.2, 0.25) is 0 Å². The molecule has 0 aromatic heterocycles. The van der Waals surface area contributed by atoms with Crippen molar-refractivity contribution in [3.05, 3.63) is 0 Å². The molecule has 2 rings (SSSR count). The Bertz CT molecular complexity index is 276. The summed E-state index contributed by atoms with van der Waals surface area (Å²) < 4.78 is 0. The molecular formula is C17H33NO. The molecular weight excluding hydrogens is 234 g/mol. The van der Waals surface area contributed by atoms with Gasteiger partial charge >= 0.3 is 0 Å². The summed E-state index contributed by atoms with van der Waals surface area (Å²) in [6.07, 6.45) is 9.60. The van der Waals surface area contributed by atoms with Crippen molar-refractivity contribution in [3.8, 4) is 0 Å². The summed E-state index contributed by atoms with van der Waals surface area (Å²) in [5.74, 6) is 0.223. The molecule has 1 aliphatic carbocycles. The first-order valence-electron chi connectivity index (χ1n) is 7.97. The zero-order chi connectivity index (χ0) is 14.5. The van der Waals surface area contributed by atoms with Gasteiger partial charge in [0, 0.05) is 20.0 Å². The van der Waals surface area contributed by atoms with Crippen LogP contribution in [0.25, 0.3) is 0 Å². The van der Waals surface area contributed by atoms with Gasteiger partial charge in [-0.2, -0.15) is 0 Å². The van der Waals surface area contributed by atoms with Gasteiger partial charge in [0.25, 0.3) is 0 Å². The topological polar surface area (TPSA) is 20.3 Å². The highest BCUT2D eigenvalue weighted by atomic mass is 16.2. The summed E-state index contributed by atoms with van der Waals surface area (Å²) in [6, 6.07) is 0. The number of likely N-dealkylation sites (tertiary alicyclic amines) is 1. The summed E-state index contributed by atoms with van der Waals surface area (Å²) in [5, 5.41) is 0. The fourth-order valence-electron chi connectivity index (χ4n) is 2.94. The van der Waals surface area contributed by atoms with Crippen LogP contribution in [0.1, 0.15) is 79.6 Å². The van der Waals surface area contributed by atoms with Gasteiger partial charge < -0.3 is 4.90 Å². The van der Waals surface area contributed by atoms with E-state index in [4.69, 9.17) is 0 Å². The molecule has 2 nitrogen and oxygen atoms in total. The maximum absolute atomic E-state index is 10.9. The Kier molecular flexibility index (Phi) is 5.88. The van der Waals surface area contributed by atoms with Gasteiger partial charge in [-0.05, 0) is 36.5 Å². The van der Waals surface area contributed by atoms with E-state index >= 15 is 0 Å². The van der Waals surface area contributed by atoms with Crippen molar-refractivity contribution in [2.45, 2.75) is 79.6 Å². The number of hydrogen-bond donors (Lipinski definition) is 0. The van der Waals surface area contributed by atoms with Crippen LogP contribution >= 0.6 is 0 Å². The van der Waals surface area contributed by atoms with Gasteiger partial charge in [0.1, 0.15) is 0 Å². The second kappa shape index (κ2) is 6.76. The molecule has 2 aliphatic rings. The minimum absolute atomic E-state index is 0.223. The second-order valence-electron chi connectivity index (χ2n) is 7.90. The molecule has 0 spiro atoms. The van der Waals surface area contributed by atoms with E-state index in [-0.39, 0.29) is 5.91 Å². The monoisotopic (exact) mass is 267 g/mol. The van der Waals surface area contributed by atoms with Crippen molar-refractivity contribution in [2.75, 3.05) is 13.1 Å². The van der Waals surface area contributed by atoms with Gasteiger partial charge in [-0.1, -0.05) is 47.0 Å². The lowest BCUT2D eigenvalue weighted by atomic mass is 9.78. The Morgan fingerprint density at radius 2 is 1.21 bits per heavy atom. The zero-order valence-electron chi connectivity index (χ0n) is 13.7. The van der Waals surface area contributed by atoms with Crippen LogP contribution in [-0.4, -0.2) is 23.9 Å². The molecule has 2 fully saturated rings. The largest absolute Gasteiger partial charge is 0.343 e. The third-order valence-electron chi connectivity index (χ3n) is 4.77. The smallest absolute Gasteiger partial charge is 0.219 e. The van der Waals surface area contributed by atoms with Crippen molar-refractivity contribution < 1.29 is 4.79 Å². The quantitative estimate of drug-likeness (QED) is 0.626. The highest BCUT2D eigenvalue weighted by Crippen LogP contribution is 2.34. The predicted molar refractivity (Wildman–Crippen MR) is 82.1 cm³/mol. The van der Waals surface area contributed by atoms with E-state index < -0.39 is 0 Å². The minimum Gasteiger partial charge on any atom is -0.343 e. The Hall–Kier alpha value is -0.530. The molecule has 1 aliphatic heterocycles. The standard InChI is InChI=1S/C9H17NO.C8H16/c1-8(11)10-6-4-9(2,3)5-7-10;1-8(2)6-4-3-5-7-8/h4-7H2,1-3H3;3-7H2,1-2H3. The summed E-state index contributed by atoms with van der Waals surface area (Å²) >= 11 is 0. The van der Waals surface area contributed by atoms with Crippen LogP contribution in [0.15, 0.2) is 0 Å². The van der Waals surface area contributed by atoms with Crippen molar-refractivity contribution in [1.29, 1.82) is 0 Å². The molecule has 0 atom stereocenters. The lowest BCUT2D eigenvalue weighted by Gasteiger charge is -2.36. The Morgan fingerprint density at radius 1 is 0.789 bits per heavy atom. The number of carbonyl (C=O) groups excluding carboxylic acids is 1. The van der Waals surface area contributed by atoms with Gasteiger partial charge in [0.2, 0.25) is 5.91 Å². The normalized spacial score (nSPS) is 25.2. The van der Waals surface area contributed by atoms with Crippen molar-refractivity contribution in [1.82, 2.24) is 4.90 Å². The van der Waals surface area contributed by atoms with Crippen LogP contribution < -0.4 is 0 Å². The molecule has 112 valence electrons. The molecule has 0 unspecified atom stereocenters. The molecule has 0 bridgehead atoms. The molecule has 0 N–H and O–H groups in total. The maximum Gasteiger partial charge on any atom is 0.219 e. The van der Waals surface area contributed by atoms with Gasteiger partial charge in [-0.3, -0.25) is 4.79 Å². The molecule has 1 heterocycles. The van der Waals surface area contributed by atoms with E-state index in [1.807, 2.05) is 4.90 Å². The average molecular weight is 267 g/mol. The van der Waals surface area contributed by atoms with Crippen molar-refractivity contribution in [3.63, 3.8) is 0 Å². The number of rotatable bonds is 0. The van der Waals surface area contributed by atoms with Crippen LogP contribution in [-0.2, 0) is 4.79 Å². The van der Waals surface area contributed by atoms with Crippen LogP contribution in [0.3, 0.4) is 0 Å². The molecule has 19 heavy (non-hydrogen) atoms. The first kappa shape index (κ1) is 16.5. The molecule has 0 aromatic rings. The number of carbonyl (C=O) groups is 1. The van der Waals surface area contributed by atoms with Crippen LogP contribution in [0.4, 0.5) is 0 Å². The highest BCUT2D eigenvalue weighted by molar-refractivity contribution is 5.73. The zero-order valence-corrected chi connectivity index (χ0v) is 13.7. The fraction of sp³-hybridized carbons (Fsp3) is 0.941. The van der Waals surface area contributed by atoms with Gasteiger partial charge in [-0.25, -0.2) is 0 Å². The highest BCUT2D eigenvalue weighted by Gasteiger charge is 2.26. The number of hydrogen-bond acceptors (Lipinski definition) is 1. The third kappa shape index (κ3) is 6.44. The van der Waals surface area contributed by atoms with Crippen LogP contribution in [0, 0.1) is 10.8 Å². The molecule has 0 radical (unpaired) electrons. The molecule has 1 amide bonds. The molecule has 2 heteroatoms. The number of nitrogens with zero attached hydrogens (tertiary/aromatic N) is 1. The fourth-order valence-corrected chi connectivity index (χ4v) is 2.94. The van der Waals surface area contributed by atoms with E-state index in [1.54, 1.807) is 6.92 Å². The number of piperidine rings is 1. The second-order valence-corrected chi connectivity index (χ2v) is 7.90. The molecule has 1 saturated carbocycles. The Labute approximate surface area is 119 Å². The summed E-state index contributed by atoms with van der Waals surface area (Å²) in [7, 11) is 0. The maximum atomic E-state index is 10.9. The summed E-state index contributed by atoms with van der Waals surface area (Å²) in [5.41, 5.74) is 1.13. The number of amides is 1. The van der Waals surface area contributed by atoms with Crippen molar-refractivity contribution >= 4 is 5.91 Å².